The number of anilines is 1. The molecule has 0 aliphatic carbocycles. The first-order chi connectivity index (χ1) is 16.5. The zero-order valence-electron chi connectivity index (χ0n) is 18.5. The average Bonchev–Trinajstić information content (AvgIpc) is 3.29. The number of hydrogen-bond acceptors (Lipinski definition) is 7. The van der Waals surface area contributed by atoms with E-state index < -0.39 is 10.6 Å². The lowest BCUT2D eigenvalue weighted by Gasteiger charge is -2.20. The topological polar surface area (TPSA) is 137 Å². The predicted molar refractivity (Wildman–Crippen MR) is 124 cm³/mol. The standard InChI is InChI=1S/C23H22N6O5/c1-33-19-7-3-15(4-8-19)21(16-5-9-20(34-2)10-6-16)28-13-18(25-14-28)11-17-12-24-23(26-22(17)30)27-29(31)32/h3-10,12-14,21H,11H2,1-2H3,(H2,24,26,27,30). The van der Waals surface area contributed by atoms with Crippen LogP contribution in [0.15, 0.2) is 72.0 Å². The van der Waals surface area contributed by atoms with E-state index in [1.54, 1.807) is 20.5 Å². The van der Waals surface area contributed by atoms with Gasteiger partial charge in [-0.2, -0.15) is 0 Å². The largest absolute Gasteiger partial charge is 0.497 e. The second-order valence-corrected chi connectivity index (χ2v) is 7.39. The number of aromatic nitrogens is 4. The van der Waals surface area contributed by atoms with Crippen LogP contribution in [0.2, 0.25) is 0 Å². The molecule has 2 aromatic heterocycles. The Morgan fingerprint density at radius 2 is 1.62 bits per heavy atom. The molecule has 0 saturated heterocycles. The van der Waals surface area contributed by atoms with Gasteiger partial charge in [-0.05, 0) is 35.4 Å². The van der Waals surface area contributed by atoms with Crippen molar-refractivity contribution in [2.24, 2.45) is 0 Å². The van der Waals surface area contributed by atoms with E-state index in [1.807, 2.05) is 64.7 Å². The normalized spacial score (nSPS) is 10.8. The van der Waals surface area contributed by atoms with Gasteiger partial charge in [-0.3, -0.25) is 9.78 Å². The van der Waals surface area contributed by atoms with Crippen molar-refractivity contribution >= 4 is 5.95 Å². The quantitative estimate of drug-likeness (QED) is 0.286. The number of imidazole rings is 1. The third-order valence-electron chi connectivity index (χ3n) is 5.26. The molecule has 4 aromatic rings. The maximum atomic E-state index is 12.3. The number of H-pyrrole nitrogens is 1. The van der Waals surface area contributed by atoms with Gasteiger partial charge in [0.25, 0.3) is 11.5 Å². The highest BCUT2D eigenvalue weighted by Gasteiger charge is 2.18. The molecule has 174 valence electrons. The van der Waals surface area contributed by atoms with Crippen molar-refractivity contribution in [1.82, 2.24) is 19.5 Å². The summed E-state index contributed by atoms with van der Waals surface area (Å²) in [6.45, 7) is 0. The fourth-order valence-corrected chi connectivity index (χ4v) is 3.61. The second-order valence-electron chi connectivity index (χ2n) is 7.39. The molecule has 0 fully saturated rings. The number of nitrogens with zero attached hydrogens (tertiary/aromatic N) is 4. The summed E-state index contributed by atoms with van der Waals surface area (Å²) < 4.78 is 12.5. The summed E-state index contributed by atoms with van der Waals surface area (Å²) in [5.41, 5.74) is 4.37. The molecule has 4 rings (SSSR count). The minimum absolute atomic E-state index is 0.180. The Bertz CT molecular complexity index is 1280. The van der Waals surface area contributed by atoms with Crippen LogP contribution in [0.25, 0.3) is 0 Å². The molecule has 11 nitrogen and oxygen atoms in total. The van der Waals surface area contributed by atoms with Crippen LogP contribution < -0.4 is 20.5 Å². The Kier molecular flexibility index (Phi) is 6.53. The van der Waals surface area contributed by atoms with Crippen molar-refractivity contribution in [1.29, 1.82) is 0 Å². The lowest BCUT2D eigenvalue weighted by atomic mass is 9.98. The highest BCUT2D eigenvalue weighted by Crippen LogP contribution is 2.29. The molecule has 0 aliphatic heterocycles. The van der Waals surface area contributed by atoms with Gasteiger partial charge in [0.2, 0.25) is 0 Å². The van der Waals surface area contributed by atoms with Gasteiger partial charge < -0.3 is 14.0 Å². The third-order valence-corrected chi connectivity index (χ3v) is 5.26. The summed E-state index contributed by atoms with van der Waals surface area (Å²) in [5.74, 6) is 1.28. The van der Waals surface area contributed by atoms with E-state index in [4.69, 9.17) is 9.47 Å². The van der Waals surface area contributed by atoms with Crippen molar-refractivity contribution < 1.29 is 14.5 Å². The Morgan fingerprint density at radius 1 is 1.03 bits per heavy atom. The maximum absolute atomic E-state index is 12.3. The van der Waals surface area contributed by atoms with Crippen molar-refractivity contribution in [3.63, 3.8) is 0 Å². The maximum Gasteiger partial charge on any atom is 0.265 e. The summed E-state index contributed by atoms with van der Waals surface area (Å²) in [5, 5.41) is 9.74. The first-order valence-electron chi connectivity index (χ1n) is 10.3. The molecule has 0 atom stereocenters. The van der Waals surface area contributed by atoms with Gasteiger partial charge >= 0.3 is 0 Å². The smallest absolute Gasteiger partial charge is 0.265 e. The van der Waals surface area contributed by atoms with Crippen molar-refractivity contribution in [2.75, 3.05) is 19.6 Å². The Balaban J connectivity index is 1.64. The molecule has 0 unspecified atom stereocenters. The minimum atomic E-state index is -0.794. The lowest BCUT2D eigenvalue weighted by molar-refractivity contribution is -0.446. The number of rotatable bonds is 9. The fraction of sp³-hybridized carbons (Fsp3) is 0.174. The van der Waals surface area contributed by atoms with Crippen LogP contribution in [0.4, 0.5) is 5.95 Å². The highest BCUT2D eigenvalue weighted by atomic mass is 16.7. The molecule has 0 radical (unpaired) electrons. The van der Waals surface area contributed by atoms with Crippen LogP contribution in [0.3, 0.4) is 0 Å². The monoisotopic (exact) mass is 462 g/mol. The number of ether oxygens (including phenoxy) is 2. The van der Waals surface area contributed by atoms with E-state index >= 15 is 0 Å². The van der Waals surface area contributed by atoms with Crippen LogP contribution in [0.5, 0.6) is 11.5 Å². The summed E-state index contributed by atoms with van der Waals surface area (Å²) >= 11 is 0. The minimum Gasteiger partial charge on any atom is -0.497 e. The van der Waals surface area contributed by atoms with Gasteiger partial charge in [0.1, 0.15) is 11.5 Å². The number of benzene rings is 2. The van der Waals surface area contributed by atoms with Gasteiger partial charge in [-0.25, -0.2) is 20.1 Å². The molecule has 2 aromatic carbocycles. The van der Waals surface area contributed by atoms with Crippen molar-refractivity contribution in [3.05, 3.63) is 110 Å². The SMILES string of the molecule is COc1ccc(C(c2ccc(OC)cc2)n2cnc(Cc3cnc(N[N+](=O)[O-])[nH]c3=O)c2)cc1. The zero-order chi connectivity index (χ0) is 24.1. The van der Waals surface area contributed by atoms with Gasteiger partial charge in [-0.15, -0.1) is 0 Å². The van der Waals surface area contributed by atoms with Crippen LogP contribution in [0.1, 0.15) is 28.4 Å². The predicted octanol–water partition coefficient (Wildman–Crippen LogP) is 2.82. The number of methoxy groups -OCH3 is 2. The molecule has 0 aliphatic rings. The summed E-state index contributed by atoms with van der Waals surface area (Å²) in [6.07, 6.45) is 5.08. The molecule has 0 spiro atoms. The van der Waals surface area contributed by atoms with Gasteiger partial charge in [0.05, 0.1) is 32.3 Å². The van der Waals surface area contributed by atoms with E-state index in [0.717, 1.165) is 22.6 Å². The van der Waals surface area contributed by atoms with E-state index in [-0.39, 0.29) is 18.4 Å². The zero-order valence-corrected chi connectivity index (χ0v) is 18.5. The van der Waals surface area contributed by atoms with E-state index in [2.05, 4.69) is 15.0 Å². The first kappa shape index (κ1) is 22.5. The number of hydrazine groups is 1. The average molecular weight is 462 g/mol. The van der Waals surface area contributed by atoms with Crippen LogP contribution in [-0.4, -0.2) is 38.8 Å². The van der Waals surface area contributed by atoms with Crippen LogP contribution in [0, 0.1) is 10.1 Å². The van der Waals surface area contributed by atoms with Gasteiger partial charge in [0.15, 0.2) is 5.03 Å². The van der Waals surface area contributed by atoms with Gasteiger partial charge in [0, 0.05) is 24.4 Å². The fourth-order valence-electron chi connectivity index (χ4n) is 3.61. The molecule has 0 amide bonds. The second kappa shape index (κ2) is 9.86. The molecule has 0 bridgehead atoms. The lowest BCUT2D eigenvalue weighted by Crippen LogP contribution is -2.19. The van der Waals surface area contributed by atoms with E-state index in [1.165, 1.54) is 6.20 Å². The molecular weight excluding hydrogens is 440 g/mol. The van der Waals surface area contributed by atoms with Crippen molar-refractivity contribution in [2.45, 2.75) is 12.5 Å². The Morgan fingerprint density at radius 3 is 2.12 bits per heavy atom. The van der Waals surface area contributed by atoms with Gasteiger partial charge in [-0.1, -0.05) is 29.7 Å². The highest BCUT2D eigenvalue weighted by molar-refractivity contribution is 5.39. The Labute approximate surface area is 194 Å². The number of nitro groups is 1. The van der Waals surface area contributed by atoms with Crippen molar-refractivity contribution in [3.8, 4) is 11.5 Å². The third kappa shape index (κ3) is 5.04. The number of nitrogens with one attached hydrogen (secondary N) is 2. The van der Waals surface area contributed by atoms with Crippen LogP contribution in [-0.2, 0) is 6.42 Å². The molecular formula is C23H22N6O5. The molecule has 2 N–H and O–H groups in total. The van der Waals surface area contributed by atoms with E-state index in [0.29, 0.717) is 11.3 Å². The molecule has 34 heavy (non-hydrogen) atoms. The molecule has 2 heterocycles. The Hall–Kier alpha value is -4.67. The number of hydrogen-bond donors (Lipinski definition) is 2. The number of aromatic amines is 1. The summed E-state index contributed by atoms with van der Waals surface area (Å²) in [7, 11) is 3.24. The van der Waals surface area contributed by atoms with E-state index in [9.17, 15) is 14.9 Å². The molecule has 0 saturated carbocycles. The first-order valence-corrected chi connectivity index (χ1v) is 10.3. The van der Waals surface area contributed by atoms with Crippen LogP contribution >= 0.6 is 0 Å². The molecule has 11 heteroatoms. The summed E-state index contributed by atoms with van der Waals surface area (Å²) in [4.78, 5) is 33.6. The summed E-state index contributed by atoms with van der Waals surface area (Å²) in [6, 6.07) is 15.4.